The Labute approximate surface area is 98.3 Å². The van der Waals surface area contributed by atoms with Crippen LogP contribution >= 0.6 is 0 Å². The van der Waals surface area contributed by atoms with E-state index in [1.807, 2.05) is 0 Å². The van der Waals surface area contributed by atoms with Crippen LogP contribution in [0.5, 0.6) is 0 Å². The summed E-state index contributed by atoms with van der Waals surface area (Å²) in [4.78, 5) is 21.8. The smallest absolute Gasteiger partial charge is 0.331 e. The Bertz CT molecular complexity index is 277. The number of ether oxygens (including phenoxy) is 2. The Hall–Kier alpha value is -1.44. The van der Waals surface area contributed by atoms with Gasteiger partial charge in [0.1, 0.15) is 0 Å². The average Bonchev–Trinajstić information content (AvgIpc) is 2.21. The van der Waals surface area contributed by atoms with E-state index in [4.69, 9.17) is 15.3 Å². The Kier molecular flexibility index (Phi) is 7.11. The van der Waals surface area contributed by atoms with Crippen molar-refractivity contribution in [2.75, 3.05) is 13.2 Å². The van der Waals surface area contributed by atoms with Crippen LogP contribution in [0.2, 0.25) is 0 Å². The topological polar surface area (TPSA) is 113 Å². The molecule has 0 amide bonds. The van der Waals surface area contributed by atoms with Gasteiger partial charge < -0.3 is 24.8 Å². The van der Waals surface area contributed by atoms with Gasteiger partial charge in [0.05, 0.1) is 13.2 Å². The van der Waals surface area contributed by atoms with Gasteiger partial charge in [-0.25, -0.2) is 9.59 Å². The number of esters is 2. The summed E-state index contributed by atoms with van der Waals surface area (Å²) in [5.74, 6) is -4.16. The van der Waals surface area contributed by atoms with Crippen LogP contribution in [0, 0.1) is 0 Å². The molecule has 17 heavy (non-hydrogen) atoms. The van der Waals surface area contributed by atoms with E-state index in [1.165, 1.54) is 0 Å². The highest BCUT2D eigenvalue weighted by molar-refractivity contribution is 5.91. The molecule has 0 saturated heterocycles. The summed E-state index contributed by atoms with van der Waals surface area (Å²) in [6.45, 7) is 1.74. The van der Waals surface area contributed by atoms with E-state index in [0.29, 0.717) is 0 Å². The number of carbonyl (C=O) groups is 2. The molecule has 0 heterocycles. The number of carbonyl (C=O) groups excluding carboxylic acids is 2. The first-order valence-electron chi connectivity index (χ1n) is 5.04. The van der Waals surface area contributed by atoms with Crippen LogP contribution in [0.3, 0.4) is 0 Å². The molecule has 3 N–H and O–H groups in total. The van der Waals surface area contributed by atoms with Crippen LogP contribution in [-0.4, -0.2) is 46.4 Å². The molecule has 0 bridgehead atoms. The molecule has 0 radical (unpaired) electrons. The van der Waals surface area contributed by atoms with Crippen molar-refractivity contribution in [2.45, 2.75) is 25.7 Å². The lowest BCUT2D eigenvalue weighted by Crippen LogP contribution is -2.27. The maximum Gasteiger partial charge on any atom is 0.331 e. The fraction of sp³-hybridized carbons (Fsp3) is 0.600. The first-order chi connectivity index (χ1) is 7.85. The molecule has 0 aromatic carbocycles. The van der Waals surface area contributed by atoms with Crippen LogP contribution in [0.1, 0.15) is 19.8 Å². The highest BCUT2D eigenvalue weighted by atomic mass is 16.7. The molecular formula is C10H16O7. The summed E-state index contributed by atoms with van der Waals surface area (Å²) in [7, 11) is 0. The fourth-order valence-corrected chi connectivity index (χ4v) is 0.857. The third-order valence-corrected chi connectivity index (χ3v) is 1.54. The molecule has 0 fully saturated rings. The largest absolute Gasteiger partial charge is 0.463 e. The van der Waals surface area contributed by atoms with E-state index in [2.05, 4.69) is 9.47 Å². The minimum Gasteiger partial charge on any atom is -0.463 e. The SMILES string of the molecule is CCOC(=O)/C=C/C(=O)OCCCC(O)(O)O. The van der Waals surface area contributed by atoms with Crippen molar-refractivity contribution in [3.63, 3.8) is 0 Å². The van der Waals surface area contributed by atoms with Gasteiger partial charge in [-0.05, 0) is 13.3 Å². The van der Waals surface area contributed by atoms with Gasteiger partial charge in [0, 0.05) is 18.6 Å². The summed E-state index contributed by atoms with van der Waals surface area (Å²) >= 11 is 0. The van der Waals surface area contributed by atoms with Crippen molar-refractivity contribution in [1.82, 2.24) is 0 Å². The average molecular weight is 248 g/mol. The lowest BCUT2D eigenvalue weighted by molar-refractivity contribution is -0.315. The van der Waals surface area contributed by atoms with E-state index in [9.17, 15) is 9.59 Å². The van der Waals surface area contributed by atoms with E-state index in [0.717, 1.165) is 12.2 Å². The van der Waals surface area contributed by atoms with Gasteiger partial charge in [-0.2, -0.15) is 0 Å². The molecule has 0 aliphatic heterocycles. The van der Waals surface area contributed by atoms with Gasteiger partial charge in [0.2, 0.25) is 0 Å². The Morgan fingerprint density at radius 1 is 1.12 bits per heavy atom. The van der Waals surface area contributed by atoms with Crippen LogP contribution in [0.25, 0.3) is 0 Å². The molecule has 7 nitrogen and oxygen atoms in total. The second kappa shape index (κ2) is 7.77. The Morgan fingerprint density at radius 2 is 1.65 bits per heavy atom. The maximum atomic E-state index is 11.0. The molecule has 7 heteroatoms. The number of hydrogen-bond acceptors (Lipinski definition) is 7. The van der Waals surface area contributed by atoms with Gasteiger partial charge in [-0.15, -0.1) is 0 Å². The van der Waals surface area contributed by atoms with Crippen molar-refractivity contribution in [2.24, 2.45) is 0 Å². The predicted molar refractivity (Wildman–Crippen MR) is 55.4 cm³/mol. The van der Waals surface area contributed by atoms with Gasteiger partial charge >= 0.3 is 11.9 Å². The fourth-order valence-electron chi connectivity index (χ4n) is 0.857. The summed E-state index contributed by atoms with van der Waals surface area (Å²) < 4.78 is 9.13. The van der Waals surface area contributed by atoms with Crippen LogP contribution in [0.4, 0.5) is 0 Å². The van der Waals surface area contributed by atoms with Gasteiger partial charge in [-0.1, -0.05) is 0 Å². The highest BCUT2D eigenvalue weighted by Gasteiger charge is 2.17. The molecule has 0 rings (SSSR count). The van der Waals surface area contributed by atoms with Crippen molar-refractivity contribution >= 4 is 11.9 Å². The van der Waals surface area contributed by atoms with E-state index >= 15 is 0 Å². The Morgan fingerprint density at radius 3 is 2.12 bits per heavy atom. The molecule has 0 aromatic heterocycles. The molecule has 0 aromatic rings. The Balaban J connectivity index is 3.70. The van der Waals surface area contributed by atoms with Crippen molar-refractivity contribution < 1.29 is 34.4 Å². The predicted octanol–water partition coefficient (Wildman–Crippen LogP) is -0.940. The molecule has 0 atom stereocenters. The second-order valence-electron chi connectivity index (χ2n) is 3.13. The molecule has 0 unspecified atom stereocenters. The number of hydrogen-bond donors (Lipinski definition) is 3. The van der Waals surface area contributed by atoms with Crippen LogP contribution < -0.4 is 0 Å². The molecule has 0 aliphatic rings. The van der Waals surface area contributed by atoms with Crippen molar-refractivity contribution in [3.8, 4) is 0 Å². The van der Waals surface area contributed by atoms with Crippen molar-refractivity contribution in [3.05, 3.63) is 12.2 Å². The zero-order valence-electron chi connectivity index (χ0n) is 9.46. The maximum absolute atomic E-state index is 11.0. The quantitative estimate of drug-likeness (QED) is 0.230. The van der Waals surface area contributed by atoms with Gasteiger partial charge in [0.15, 0.2) is 0 Å². The summed E-state index contributed by atoms with van der Waals surface area (Å²) in [5, 5.41) is 25.5. The molecule has 0 aliphatic carbocycles. The van der Waals surface area contributed by atoms with E-state index in [-0.39, 0.29) is 26.1 Å². The minimum atomic E-state index is -2.76. The minimum absolute atomic E-state index is 0.0719. The third kappa shape index (κ3) is 10.8. The lowest BCUT2D eigenvalue weighted by Gasteiger charge is -2.12. The van der Waals surface area contributed by atoms with Gasteiger partial charge in [0.25, 0.3) is 5.97 Å². The zero-order chi connectivity index (χ0) is 13.3. The first kappa shape index (κ1) is 15.6. The third-order valence-electron chi connectivity index (χ3n) is 1.54. The highest BCUT2D eigenvalue weighted by Crippen LogP contribution is 2.03. The number of rotatable bonds is 7. The first-order valence-corrected chi connectivity index (χ1v) is 5.04. The molecule has 0 spiro atoms. The standard InChI is InChI=1S/C10H16O7/c1-2-16-8(11)4-5-9(12)17-7-3-6-10(13,14)15/h4-5,13-15H,2-3,6-7H2,1H3/b5-4+. The van der Waals surface area contributed by atoms with E-state index in [1.54, 1.807) is 6.92 Å². The van der Waals surface area contributed by atoms with Gasteiger partial charge in [-0.3, -0.25) is 0 Å². The molecule has 0 saturated carbocycles. The monoisotopic (exact) mass is 248 g/mol. The normalized spacial score (nSPS) is 11.5. The van der Waals surface area contributed by atoms with Crippen LogP contribution in [-0.2, 0) is 19.1 Å². The molecular weight excluding hydrogens is 232 g/mol. The number of aliphatic hydroxyl groups is 3. The zero-order valence-corrected chi connectivity index (χ0v) is 9.46. The summed E-state index contributed by atoms with van der Waals surface area (Å²) in [5.41, 5.74) is 0. The van der Waals surface area contributed by atoms with Crippen molar-refractivity contribution in [1.29, 1.82) is 0 Å². The molecule has 98 valence electrons. The van der Waals surface area contributed by atoms with Crippen LogP contribution in [0.15, 0.2) is 12.2 Å². The van der Waals surface area contributed by atoms with E-state index < -0.39 is 17.9 Å². The summed E-state index contributed by atoms with van der Waals surface area (Å²) in [6.07, 6.45) is 1.56. The lowest BCUT2D eigenvalue weighted by atomic mass is 10.3. The second-order valence-corrected chi connectivity index (χ2v) is 3.13. The summed E-state index contributed by atoms with van der Waals surface area (Å²) in [6, 6.07) is 0.